The molecule has 0 aliphatic carbocycles. The predicted molar refractivity (Wildman–Crippen MR) is 76.4 cm³/mol. The monoisotopic (exact) mass is 312 g/mol. The Hall–Kier alpha value is -1.93. The molecule has 1 fully saturated rings. The molecule has 2 atom stereocenters. The molecule has 2 unspecified atom stereocenters. The quantitative estimate of drug-likeness (QED) is 0.860. The Morgan fingerprint density at radius 1 is 1.38 bits per heavy atom. The Morgan fingerprint density at radius 3 is 2.71 bits per heavy atom. The van der Waals surface area contributed by atoms with Gasteiger partial charge in [0.15, 0.2) is 0 Å². The molecule has 8 heteroatoms. The number of nitrogens with one attached hydrogen (secondary N) is 1. The van der Waals surface area contributed by atoms with E-state index in [4.69, 9.17) is 9.84 Å². The number of carboxylic acid groups (broad SMARTS) is 1. The number of thiophene rings is 1. The van der Waals surface area contributed by atoms with Crippen molar-refractivity contribution in [3.63, 3.8) is 0 Å². The van der Waals surface area contributed by atoms with Crippen molar-refractivity contribution in [1.82, 2.24) is 4.90 Å². The highest BCUT2D eigenvalue weighted by Crippen LogP contribution is 2.26. The number of hydrogen-bond acceptors (Lipinski definition) is 5. The van der Waals surface area contributed by atoms with Gasteiger partial charge in [0, 0.05) is 14.0 Å². The van der Waals surface area contributed by atoms with Crippen molar-refractivity contribution >= 4 is 34.1 Å². The Kier molecular flexibility index (Phi) is 4.59. The molecule has 0 spiro atoms. The summed E-state index contributed by atoms with van der Waals surface area (Å²) in [5.74, 6) is -2.17. The van der Waals surface area contributed by atoms with Crippen LogP contribution in [0.5, 0.6) is 0 Å². The van der Waals surface area contributed by atoms with Crippen LogP contribution < -0.4 is 5.32 Å². The first-order chi connectivity index (χ1) is 9.90. The van der Waals surface area contributed by atoms with Crippen LogP contribution in [0.2, 0.25) is 0 Å². The summed E-state index contributed by atoms with van der Waals surface area (Å²) in [5, 5.41) is 12.3. The van der Waals surface area contributed by atoms with Crippen LogP contribution in [0.3, 0.4) is 0 Å². The lowest BCUT2D eigenvalue weighted by Gasteiger charge is -2.25. The van der Waals surface area contributed by atoms with Gasteiger partial charge >= 0.3 is 5.97 Å². The first-order valence-electron chi connectivity index (χ1n) is 6.35. The van der Waals surface area contributed by atoms with Gasteiger partial charge in [-0.1, -0.05) is 0 Å². The highest BCUT2D eigenvalue weighted by molar-refractivity contribution is 7.18. The summed E-state index contributed by atoms with van der Waals surface area (Å²) in [6.45, 7) is 1.71. The van der Waals surface area contributed by atoms with E-state index >= 15 is 0 Å². The minimum atomic E-state index is -0.970. The smallest absolute Gasteiger partial charge is 0.311 e. The van der Waals surface area contributed by atoms with Gasteiger partial charge in [-0.3, -0.25) is 14.4 Å². The second-order valence-electron chi connectivity index (χ2n) is 4.81. The highest BCUT2D eigenvalue weighted by atomic mass is 32.1. The summed E-state index contributed by atoms with van der Waals surface area (Å²) in [6, 6.07) is 2.77. The summed E-state index contributed by atoms with van der Waals surface area (Å²) >= 11 is 1.15. The summed E-state index contributed by atoms with van der Waals surface area (Å²) in [6.07, 6.45) is 0. The second kappa shape index (κ2) is 6.23. The van der Waals surface area contributed by atoms with Gasteiger partial charge in [-0.2, -0.15) is 0 Å². The maximum atomic E-state index is 12.4. The van der Waals surface area contributed by atoms with E-state index in [1.807, 2.05) is 0 Å². The first-order valence-corrected chi connectivity index (χ1v) is 7.17. The molecule has 1 saturated heterocycles. The lowest BCUT2D eigenvalue weighted by atomic mass is 10.0. The third-order valence-electron chi connectivity index (χ3n) is 3.30. The molecule has 1 aliphatic rings. The maximum absolute atomic E-state index is 12.4. The molecule has 1 aromatic rings. The van der Waals surface area contributed by atoms with E-state index in [9.17, 15) is 14.4 Å². The SMILES string of the molecule is CC(=O)Nc1ccc(C(=O)N(C)C2COCC2C(=O)O)s1. The van der Waals surface area contributed by atoms with Crippen molar-refractivity contribution in [2.24, 2.45) is 5.92 Å². The summed E-state index contributed by atoms with van der Waals surface area (Å²) in [7, 11) is 1.56. The molecule has 1 aliphatic heterocycles. The number of likely N-dealkylation sites (N-methyl/N-ethyl adjacent to an activating group) is 1. The molecule has 2 N–H and O–H groups in total. The summed E-state index contributed by atoms with van der Waals surface area (Å²) < 4.78 is 5.17. The van der Waals surface area contributed by atoms with Gasteiger partial charge in [0.1, 0.15) is 5.92 Å². The fourth-order valence-electron chi connectivity index (χ4n) is 2.18. The Morgan fingerprint density at radius 2 is 2.10 bits per heavy atom. The average Bonchev–Trinajstić information content (AvgIpc) is 3.04. The van der Waals surface area contributed by atoms with Crippen LogP contribution >= 0.6 is 11.3 Å². The van der Waals surface area contributed by atoms with E-state index in [0.717, 1.165) is 11.3 Å². The van der Waals surface area contributed by atoms with Gasteiger partial charge in [-0.15, -0.1) is 11.3 Å². The second-order valence-corrected chi connectivity index (χ2v) is 5.89. The number of hydrogen-bond donors (Lipinski definition) is 2. The topological polar surface area (TPSA) is 95.9 Å². The molecule has 21 heavy (non-hydrogen) atoms. The average molecular weight is 312 g/mol. The summed E-state index contributed by atoms with van der Waals surface area (Å²) in [4.78, 5) is 36.3. The number of nitrogens with zero attached hydrogens (tertiary/aromatic N) is 1. The molecule has 0 radical (unpaired) electrons. The van der Waals surface area contributed by atoms with Crippen LogP contribution in [-0.4, -0.2) is 54.1 Å². The molecule has 114 valence electrons. The Labute approximate surface area is 125 Å². The fraction of sp³-hybridized carbons (Fsp3) is 0.462. The molecule has 0 aromatic carbocycles. The van der Waals surface area contributed by atoms with E-state index in [0.29, 0.717) is 9.88 Å². The van der Waals surface area contributed by atoms with E-state index < -0.39 is 17.9 Å². The van der Waals surface area contributed by atoms with E-state index in [1.54, 1.807) is 19.2 Å². The van der Waals surface area contributed by atoms with Crippen molar-refractivity contribution < 1.29 is 24.2 Å². The standard InChI is InChI=1S/C13H16N2O5S/c1-7(16)14-11-4-3-10(21-11)12(17)15(2)9-6-20-5-8(9)13(18)19/h3-4,8-9H,5-6H2,1-2H3,(H,14,16)(H,18,19). The van der Waals surface area contributed by atoms with Crippen molar-refractivity contribution in [1.29, 1.82) is 0 Å². The first kappa shape index (κ1) is 15.5. The van der Waals surface area contributed by atoms with E-state index in [1.165, 1.54) is 11.8 Å². The van der Waals surface area contributed by atoms with Crippen molar-refractivity contribution in [3.8, 4) is 0 Å². The number of carboxylic acids is 1. The van der Waals surface area contributed by atoms with Crippen LogP contribution in [-0.2, 0) is 14.3 Å². The number of carbonyl (C=O) groups excluding carboxylic acids is 2. The predicted octanol–water partition coefficient (Wildman–Crippen LogP) is 0.878. The van der Waals surface area contributed by atoms with Crippen LogP contribution in [0.4, 0.5) is 5.00 Å². The fourth-order valence-corrected chi connectivity index (χ4v) is 3.11. The number of carbonyl (C=O) groups is 3. The molecular formula is C13H16N2O5S. The van der Waals surface area contributed by atoms with E-state index in [2.05, 4.69) is 5.32 Å². The van der Waals surface area contributed by atoms with Crippen molar-refractivity contribution in [3.05, 3.63) is 17.0 Å². The molecule has 0 bridgehead atoms. The molecule has 0 saturated carbocycles. The van der Waals surface area contributed by atoms with Gasteiger partial charge in [0.2, 0.25) is 5.91 Å². The lowest BCUT2D eigenvalue weighted by Crippen LogP contribution is -2.43. The van der Waals surface area contributed by atoms with E-state index in [-0.39, 0.29) is 25.0 Å². The van der Waals surface area contributed by atoms with Gasteiger partial charge < -0.3 is 20.1 Å². The van der Waals surface area contributed by atoms with Gasteiger partial charge in [-0.25, -0.2) is 0 Å². The maximum Gasteiger partial charge on any atom is 0.311 e. The van der Waals surface area contributed by atoms with Gasteiger partial charge in [0.25, 0.3) is 5.91 Å². The lowest BCUT2D eigenvalue weighted by molar-refractivity contribution is -0.142. The van der Waals surface area contributed by atoms with Crippen molar-refractivity contribution in [2.75, 3.05) is 25.6 Å². The normalized spacial score (nSPS) is 21.0. The van der Waals surface area contributed by atoms with Crippen LogP contribution in [0.25, 0.3) is 0 Å². The zero-order chi connectivity index (χ0) is 15.6. The van der Waals surface area contributed by atoms with Crippen LogP contribution in [0.1, 0.15) is 16.6 Å². The number of ether oxygens (including phenoxy) is 1. The molecule has 1 aromatic heterocycles. The zero-order valence-electron chi connectivity index (χ0n) is 11.7. The number of aliphatic carboxylic acids is 1. The number of rotatable bonds is 4. The molecule has 7 nitrogen and oxygen atoms in total. The van der Waals surface area contributed by atoms with Crippen molar-refractivity contribution in [2.45, 2.75) is 13.0 Å². The molecule has 2 amide bonds. The number of anilines is 1. The third kappa shape index (κ3) is 3.40. The molecule has 2 heterocycles. The van der Waals surface area contributed by atoms with Gasteiger partial charge in [-0.05, 0) is 12.1 Å². The molecular weight excluding hydrogens is 296 g/mol. The Balaban J connectivity index is 2.10. The zero-order valence-corrected chi connectivity index (χ0v) is 12.5. The highest BCUT2D eigenvalue weighted by Gasteiger charge is 2.38. The third-order valence-corrected chi connectivity index (χ3v) is 4.29. The largest absolute Gasteiger partial charge is 0.481 e. The molecule has 2 rings (SSSR count). The summed E-state index contributed by atoms with van der Waals surface area (Å²) in [5.41, 5.74) is 0. The minimum absolute atomic E-state index is 0.110. The Bertz CT molecular complexity index is 571. The van der Waals surface area contributed by atoms with Crippen LogP contribution in [0.15, 0.2) is 12.1 Å². The van der Waals surface area contributed by atoms with Gasteiger partial charge in [0.05, 0.1) is 29.1 Å². The number of amides is 2. The van der Waals surface area contributed by atoms with Crippen LogP contribution in [0, 0.1) is 5.92 Å². The minimum Gasteiger partial charge on any atom is -0.481 e.